The molecule has 0 aliphatic heterocycles. The summed E-state index contributed by atoms with van der Waals surface area (Å²) < 4.78 is 11.6. The highest BCUT2D eigenvalue weighted by Crippen LogP contribution is 1.92. The molecule has 0 radical (unpaired) electrons. The molecule has 0 aromatic rings. The highest BCUT2D eigenvalue weighted by Gasteiger charge is 2.02. The molecule has 62 valence electrons. The molecule has 5 heteroatoms. The van der Waals surface area contributed by atoms with Crippen molar-refractivity contribution in [3.05, 3.63) is 0 Å². The Morgan fingerprint density at radius 2 is 2.10 bits per heavy atom. The summed E-state index contributed by atoms with van der Waals surface area (Å²) in [6, 6.07) is -0.530. The van der Waals surface area contributed by atoms with E-state index in [2.05, 4.69) is 0 Å². The number of hydrogen-bond donors (Lipinski definition) is 2. The second-order valence-corrected chi connectivity index (χ2v) is 1.92. The SMILES string of the molecule is Cl.NC(=O)CCC(N)CF. The molecule has 0 heterocycles. The molecule has 10 heavy (non-hydrogen) atoms. The van der Waals surface area contributed by atoms with Crippen molar-refractivity contribution in [3.8, 4) is 0 Å². The predicted molar refractivity (Wildman–Crippen MR) is 39.6 cm³/mol. The first-order chi connectivity index (χ1) is 4.16. The molecule has 0 bridgehead atoms. The van der Waals surface area contributed by atoms with Crippen molar-refractivity contribution < 1.29 is 9.18 Å². The molecule has 0 aromatic heterocycles. The topological polar surface area (TPSA) is 69.1 Å². The first-order valence-corrected chi connectivity index (χ1v) is 2.76. The van der Waals surface area contributed by atoms with E-state index < -0.39 is 18.6 Å². The van der Waals surface area contributed by atoms with E-state index in [1.165, 1.54) is 0 Å². The Labute approximate surface area is 65.4 Å². The molecule has 0 rings (SSSR count). The summed E-state index contributed by atoms with van der Waals surface area (Å²) in [5.74, 6) is -0.432. The average Bonchev–Trinajstić information content (AvgIpc) is 1.83. The van der Waals surface area contributed by atoms with Gasteiger partial charge in [-0.3, -0.25) is 4.79 Å². The Morgan fingerprint density at radius 3 is 2.40 bits per heavy atom. The van der Waals surface area contributed by atoms with Crippen molar-refractivity contribution in [3.63, 3.8) is 0 Å². The van der Waals surface area contributed by atoms with Gasteiger partial charge < -0.3 is 11.5 Å². The molecular weight excluding hydrogens is 159 g/mol. The van der Waals surface area contributed by atoms with Crippen LogP contribution in [0.5, 0.6) is 0 Å². The van der Waals surface area contributed by atoms with Crippen molar-refractivity contribution >= 4 is 18.3 Å². The van der Waals surface area contributed by atoms with Gasteiger partial charge in [-0.05, 0) is 6.42 Å². The van der Waals surface area contributed by atoms with E-state index in [0.717, 1.165) is 0 Å². The number of rotatable bonds is 4. The van der Waals surface area contributed by atoms with Crippen molar-refractivity contribution in [2.45, 2.75) is 18.9 Å². The summed E-state index contributed by atoms with van der Waals surface area (Å²) >= 11 is 0. The molecule has 1 atom stereocenters. The summed E-state index contributed by atoms with van der Waals surface area (Å²) in [4.78, 5) is 10.1. The third kappa shape index (κ3) is 7.65. The summed E-state index contributed by atoms with van der Waals surface area (Å²) in [6.45, 7) is -0.590. The standard InChI is InChI=1S/C5H11FN2O.ClH/c6-3-4(7)1-2-5(8)9;/h4H,1-3,7H2,(H2,8,9);1H. The van der Waals surface area contributed by atoms with Crippen LogP contribution in [0.1, 0.15) is 12.8 Å². The molecule has 3 nitrogen and oxygen atoms in total. The van der Waals surface area contributed by atoms with Crippen LogP contribution in [0.3, 0.4) is 0 Å². The fraction of sp³-hybridized carbons (Fsp3) is 0.800. The van der Waals surface area contributed by atoms with Gasteiger partial charge in [0.2, 0.25) is 5.91 Å². The van der Waals surface area contributed by atoms with E-state index in [0.29, 0.717) is 6.42 Å². The van der Waals surface area contributed by atoms with Crippen LogP contribution in [-0.4, -0.2) is 18.6 Å². The van der Waals surface area contributed by atoms with Crippen LogP contribution in [0.2, 0.25) is 0 Å². The van der Waals surface area contributed by atoms with Crippen molar-refractivity contribution in [1.29, 1.82) is 0 Å². The molecular formula is C5H12ClFN2O. The lowest BCUT2D eigenvalue weighted by Gasteiger charge is -2.02. The zero-order valence-electron chi connectivity index (χ0n) is 5.55. The molecule has 0 aliphatic carbocycles. The highest BCUT2D eigenvalue weighted by molar-refractivity contribution is 5.85. The molecule has 0 aromatic carbocycles. The minimum Gasteiger partial charge on any atom is -0.370 e. The van der Waals surface area contributed by atoms with Gasteiger partial charge in [0.1, 0.15) is 6.67 Å². The number of alkyl halides is 1. The minimum atomic E-state index is -0.590. The smallest absolute Gasteiger partial charge is 0.217 e. The maximum atomic E-state index is 11.6. The van der Waals surface area contributed by atoms with Gasteiger partial charge in [-0.25, -0.2) is 4.39 Å². The number of carbonyl (C=O) groups is 1. The number of carbonyl (C=O) groups excluding carboxylic acids is 1. The molecule has 0 saturated carbocycles. The van der Waals surface area contributed by atoms with Crippen LogP contribution in [-0.2, 0) is 4.79 Å². The van der Waals surface area contributed by atoms with Gasteiger partial charge in [0.05, 0.1) is 0 Å². The van der Waals surface area contributed by atoms with Crippen LogP contribution in [0.4, 0.5) is 4.39 Å². The molecule has 1 unspecified atom stereocenters. The Morgan fingerprint density at radius 1 is 1.60 bits per heavy atom. The average molecular weight is 171 g/mol. The Kier molecular flexibility index (Phi) is 8.35. The lowest BCUT2D eigenvalue weighted by atomic mass is 10.2. The van der Waals surface area contributed by atoms with Crippen LogP contribution in [0.15, 0.2) is 0 Å². The number of nitrogens with two attached hydrogens (primary N) is 2. The summed E-state index contributed by atoms with van der Waals surface area (Å²) in [5.41, 5.74) is 9.92. The first-order valence-electron chi connectivity index (χ1n) is 2.76. The highest BCUT2D eigenvalue weighted by atomic mass is 35.5. The summed E-state index contributed by atoms with van der Waals surface area (Å²) in [6.07, 6.45) is 0.511. The van der Waals surface area contributed by atoms with Gasteiger partial charge in [0.15, 0.2) is 0 Å². The van der Waals surface area contributed by atoms with E-state index in [9.17, 15) is 9.18 Å². The van der Waals surface area contributed by atoms with Crippen LogP contribution < -0.4 is 11.5 Å². The molecule has 0 saturated heterocycles. The molecule has 4 N–H and O–H groups in total. The van der Waals surface area contributed by atoms with Gasteiger partial charge >= 0.3 is 0 Å². The van der Waals surface area contributed by atoms with E-state index in [1.54, 1.807) is 0 Å². The molecule has 0 spiro atoms. The maximum absolute atomic E-state index is 11.6. The van der Waals surface area contributed by atoms with Gasteiger partial charge in [0.25, 0.3) is 0 Å². The number of primary amides is 1. The van der Waals surface area contributed by atoms with E-state index in [4.69, 9.17) is 11.5 Å². The molecule has 0 fully saturated rings. The zero-order valence-corrected chi connectivity index (χ0v) is 6.36. The van der Waals surface area contributed by atoms with Gasteiger partial charge in [-0.2, -0.15) is 0 Å². The number of halogens is 2. The second-order valence-electron chi connectivity index (χ2n) is 1.92. The predicted octanol–water partition coefficient (Wildman–Crippen LogP) is -0.0295. The number of hydrogen-bond acceptors (Lipinski definition) is 2. The lowest BCUT2D eigenvalue weighted by molar-refractivity contribution is -0.118. The third-order valence-electron chi connectivity index (χ3n) is 0.960. The second kappa shape index (κ2) is 6.77. The van der Waals surface area contributed by atoms with Crippen molar-refractivity contribution in [2.75, 3.05) is 6.67 Å². The largest absolute Gasteiger partial charge is 0.370 e. The summed E-state index contributed by atoms with van der Waals surface area (Å²) in [7, 11) is 0. The quantitative estimate of drug-likeness (QED) is 0.622. The first kappa shape index (κ1) is 12.3. The van der Waals surface area contributed by atoms with Crippen LogP contribution >= 0.6 is 12.4 Å². The third-order valence-corrected chi connectivity index (χ3v) is 0.960. The van der Waals surface area contributed by atoms with Crippen LogP contribution in [0.25, 0.3) is 0 Å². The molecule has 1 amide bonds. The fourth-order valence-electron chi connectivity index (χ4n) is 0.405. The Hall–Kier alpha value is -0.350. The number of amides is 1. The zero-order chi connectivity index (χ0) is 7.28. The monoisotopic (exact) mass is 170 g/mol. The fourth-order valence-corrected chi connectivity index (χ4v) is 0.405. The van der Waals surface area contributed by atoms with Crippen LogP contribution in [0, 0.1) is 0 Å². The van der Waals surface area contributed by atoms with Crippen molar-refractivity contribution in [2.24, 2.45) is 11.5 Å². The molecule has 0 aliphatic rings. The van der Waals surface area contributed by atoms with Crippen molar-refractivity contribution in [1.82, 2.24) is 0 Å². The Balaban J connectivity index is 0. The normalized spacial score (nSPS) is 11.8. The van der Waals surface area contributed by atoms with Gasteiger partial charge in [0, 0.05) is 12.5 Å². The summed E-state index contributed by atoms with van der Waals surface area (Å²) in [5, 5.41) is 0. The van der Waals surface area contributed by atoms with E-state index in [1.807, 2.05) is 0 Å². The minimum absolute atomic E-state index is 0. The van der Waals surface area contributed by atoms with Gasteiger partial charge in [-0.15, -0.1) is 12.4 Å². The maximum Gasteiger partial charge on any atom is 0.217 e. The van der Waals surface area contributed by atoms with E-state index >= 15 is 0 Å². The Bertz CT molecular complexity index is 102. The van der Waals surface area contributed by atoms with E-state index in [-0.39, 0.29) is 18.8 Å². The lowest BCUT2D eigenvalue weighted by Crippen LogP contribution is -2.24. The van der Waals surface area contributed by atoms with Gasteiger partial charge in [-0.1, -0.05) is 0 Å².